The van der Waals surface area contributed by atoms with Crippen molar-refractivity contribution in [1.82, 2.24) is 19.7 Å². The standard InChI is InChI=1S/C18H26ClN5/c1-5-12(4)16(19)21-17-14(6-2)24-11-20-22-18(24)15(7-3)23(17)10-13-8-9-13/h6,11,13,15H,5,7-10H2,1-4H3. The van der Waals surface area contributed by atoms with E-state index >= 15 is 0 Å². The van der Waals surface area contributed by atoms with Crippen molar-refractivity contribution in [3.63, 3.8) is 0 Å². The summed E-state index contributed by atoms with van der Waals surface area (Å²) in [6.07, 6.45) is 8.32. The van der Waals surface area contributed by atoms with Crippen LogP contribution in [0, 0.1) is 5.92 Å². The molecule has 5 nitrogen and oxygen atoms in total. The van der Waals surface area contributed by atoms with Crippen molar-refractivity contribution in [3.05, 3.63) is 29.0 Å². The highest BCUT2D eigenvalue weighted by Gasteiger charge is 2.38. The third-order valence-electron chi connectivity index (χ3n) is 4.91. The zero-order chi connectivity index (χ0) is 17.3. The van der Waals surface area contributed by atoms with Crippen molar-refractivity contribution in [2.45, 2.75) is 59.4 Å². The average Bonchev–Trinajstić information content (AvgIpc) is 3.28. The van der Waals surface area contributed by atoms with Crippen molar-refractivity contribution in [1.29, 1.82) is 0 Å². The van der Waals surface area contributed by atoms with Crippen molar-refractivity contribution < 1.29 is 0 Å². The molecule has 1 unspecified atom stereocenters. The molecule has 1 aliphatic heterocycles. The Bertz CT molecular complexity index is 696. The first-order chi connectivity index (χ1) is 11.6. The highest BCUT2D eigenvalue weighted by molar-refractivity contribution is 6.31. The molecule has 1 fully saturated rings. The van der Waals surface area contributed by atoms with Crippen LogP contribution in [0.3, 0.4) is 0 Å². The monoisotopic (exact) mass is 347 g/mol. The fraction of sp³-hybridized carbons (Fsp3) is 0.611. The third kappa shape index (κ3) is 3.14. The maximum absolute atomic E-state index is 6.49. The SMILES string of the molecule is CC=C1C(=NC(Cl)=C(C)CC)N(CC2CC2)C(CC)c2nncn21. The number of amidine groups is 1. The van der Waals surface area contributed by atoms with Crippen LogP contribution in [-0.2, 0) is 0 Å². The molecule has 6 heteroatoms. The maximum atomic E-state index is 6.49. The summed E-state index contributed by atoms with van der Waals surface area (Å²) in [4.78, 5) is 7.23. The van der Waals surface area contributed by atoms with E-state index in [4.69, 9.17) is 16.6 Å². The Hall–Kier alpha value is -1.62. The van der Waals surface area contributed by atoms with Crippen LogP contribution in [0.4, 0.5) is 0 Å². The van der Waals surface area contributed by atoms with Gasteiger partial charge in [0.2, 0.25) is 0 Å². The van der Waals surface area contributed by atoms with Crippen molar-refractivity contribution >= 4 is 23.1 Å². The summed E-state index contributed by atoms with van der Waals surface area (Å²) in [6, 6.07) is 0.196. The van der Waals surface area contributed by atoms with E-state index in [9.17, 15) is 0 Å². The van der Waals surface area contributed by atoms with E-state index in [1.54, 1.807) is 6.33 Å². The Kier molecular flexibility index (Phi) is 5.09. The van der Waals surface area contributed by atoms with Gasteiger partial charge >= 0.3 is 0 Å². The lowest BCUT2D eigenvalue weighted by atomic mass is 10.1. The molecule has 0 saturated heterocycles. The van der Waals surface area contributed by atoms with Crippen LogP contribution < -0.4 is 0 Å². The van der Waals surface area contributed by atoms with Gasteiger partial charge in [-0.15, -0.1) is 10.2 Å². The van der Waals surface area contributed by atoms with Gasteiger partial charge in [-0.1, -0.05) is 31.5 Å². The van der Waals surface area contributed by atoms with E-state index in [1.165, 1.54) is 12.8 Å². The van der Waals surface area contributed by atoms with Gasteiger partial charge in [-0.2, -0.15) is 0 Å². The number of halogens is 1. The maximum Gasteiger partial charge on any atom is 0.160 e. The van der Waals surface area contributed by atoms with Gasteiger partial charge in [-0.25, -0.2) is 4.99 Å². The van der Waals surface area contributed by atoms with Crippen molar-refractivity contribution in [2.24, 2.45) is 10.9 Å². The van der Waals surface area contributed by atoms with E-state index in [2.05, 4.69) is 39.6 Å². The lowest BCUT2D eigenvalue weighted by Crippen LogP contribution is -2.43. The number of aromatic nitrogens is 3. The highest BCUT2D eigenvalue weighted by atomic mass is 35.5. The molecular weight excluding hydrogens is 322 g/mol. The number of aliphatic imine (C=N–C) groups is 1. The molecular formula is C18H26ClN5. The normalized spacial score (nSPS) is 25.2. The molecule has 2 heterocycles. The average molecular weight is 348 g/mol. The summed E-state index contributed by atoms with van der Waals surface area (Å²) in [5, 5.41) is 9.12. The van der Waals surface area contributed by atoms with Crippen LogP contribution in [0.5, 0.6) is 0 Å². The number of rotatable bonds is 5. The van der Waals surface area contributed by atoms with Gasteiger partial charge in [0.15, 0.2) is 11.7 Å². The summed E-state index contributed by atoms with van der Waals surface area (Å²) in [5.41, 5.74) is 2.12. The molecule has 1 atom stereocenters. The Labute approximate surface area is 149 Å². The molecule has 0 radical (unpaired) electrons. The van der Waals surface area contributed by atoms with Gasteiger partial charge in [0, 0.05) is 6.54 Å². The first-order valence-electron chi connectivity index (χ1n) is 8.88. The smallest absolute Gasteiger partial charge is 0.160 e. The Morgan fingerprint density at radius 1 is 1.42 bits per heavy atom. The largest absolute Gasteiger partial charge is 0.344 e. The molecule has 0 bridgehead atoms. The molecule has 3 rings (SSSR count). The first-order valence-corrected chi connectivity index (χ1v) is 9.25. The van der Waals surface area contributed by atoms with E-state index in [1.807, 2.05) is 13.8 Å². The van der Waals surface area contributed by atoms with E-state index in [0.29, 0.717) is 5.16 Å². The minimum atomic E-state index is 0.196. The third-order valence-corrected chi connectivity index (χ3v) is 5.31. The predicted octanol–water partition coefficient (Wildman–Crippen LogP) is 4.59. The lowest BCUT2D eigenvalue weighted by Gasteiger charge is -2.38. The number of fused-ring (bicyclic) bond motifs is 1. The second-order valence-corrected chi connectivity index (χ2v) is 6.97. The van der Waals surface area contributed by atoms with Gasteiger partial charge < -0.3 is 4.90 Å². The predicted molar refractivity (Wildman–Crippen MR) is 98.7 cm³/mol. The molecule has 0 aromatic carbocycles. The Morgan fingerprint density at radius 3 is 2.75 bits per heavy atom. The molecule has 0 N–H and O–H groups in total. The molecule has 1 aromatic heterocycles. The molecule has 0 spiro atoms. The van der Waals surface area contributed by atoms with Crippen LogP contribution in [0.25, 0.3) is 5.70 Å². The second-order valence-electron chi connectivity index (χ2n) is 6.61. The van der Waals surface area contributed by atoms with Crippen molar-refractivity contribution in [2.75, 3.05) is 6.54 Å². The van der Waals surface area contributed by atoms with Crippen LogP contribution in [0.15, 0.2) is 28.1 Å². The van der Waals surface area contributed by atoms with E-state index in [-0.39, 0.29) is 6.04 Å². The van der Waals surface area contributed by atoms with Gasteiger partial charge in [0.1, 0.15) is 11.5 Å². The number of allylic oxidation sites excluding steroid dienone is 2. The molecule has 2 aliphatic rings. The lowest BCUT2D eigenvalue weighted by molar-refractivity contribution is 0.276. The van der Waals surface area contributed by atoms with Gasteiger partial charge in [0.25, 0.3) is 0 Å². The molecule has 1 aromatic rings. The summed E-state index contributed by atoms with van der Waals surface area (Å²) in [7, 11) is 0. The minimum absolute atomic E-state index is 0.196. The Balaban J connectivity index is 2.12. The highest BCUT2D eigenvalue weighted by Crippen LogP contribution is 2.38. The molecule has 1 saturated carbocycles. The van der Waals surface area contributed by atoms with Crippen LogP contribution in [0.2, 0.25) is 0 Å². The zero-order valence-electron chi connectivity index (χ0n) is 15.0. The number of hydrogen-bond donors (Lipinski definition) is 0. The van der Waals surface area contributed by atoms with Gasteiger partial charge in [-0.3, -0.25) is 4.57 Å². The van der Waals surface area contributed by atoms with Crippen molar-refractivity contribution in [3.8, 4) is 0 Å². The summed E-state index contributed by atoms with van der Waals surface area (Å²) in [5.74, 6) is 2.70. The van der Waals surface area contributed by atoms with Crippen LogP contribution >= 0.6 is 11.6 Å². The van der Waals surface area contributed by atoms with E-state index < -0.39 is 0 Å². The molecule has 130 valence electrons. The topological polar surface area (TPSA) is 46.3 Å². The summed E-state index contributed by atoms with van der Waals surface area (Å²) in [6.45, 7) is 9.37. The summed E-state index contributed by atoms with van der Waals surface area (Å²) < 4.78 is 2.06. The number of nitrogens with zero attached hydrogens (tertiary/aromatic N) is 5. The van der Waals surface area contributed by atoms with Gasteiger partial charge in [-0.05, 0) is 51.0 Å². The quantitative estimate of drug-likeness (QED) is 0.731. The van der Waals surface area contributed by atoms with Crippen LogP contribution in [0.1, 0.15) is 65.2 Å². The molecule has 0 amide bonds. The first kappa shape index (κ1) is 17.2. The fourth-order valence-electron chi connectivity index (χ4n) is 3.12. The Morgan fingerprint density at radius 2 is 2.17 bits per heavy atom. The molecule has 24 heavy (non-hydrogen) atoms. The van der Waals surface area contributed by atoms with Gasteiger partial charge in [0.05, 0.1) is 11.7 Å². The number of hydrogen-bond acceptors (Lipinski definition) is 3. The van der Waals surface area contributed by atoms with Crippen LogP contribution in [-0.4, -0.2) is 32.0 Å². The second kappa shape index (κ2) is 7.09. The minimum Gasteiger partial charge on any atom is -0.344 e. The fourth-order valence-corrected chi connectivity index (χ4v) is 3.33. The zero-order valence-corrected chi connectivity index (χ0v) is 15.7. The molecule has 1 aliphatic carbocycles. The van der Waals surface area contributed by atoms with E-state index in [0.717, 1.165) is 48.2 Å². The summed E-state index contributed by atoms with van der Waals surface area (Å²) >= 11 is 6.49.